The van der Waals surface area contributed by atoms with Crippen LogP contribution in [-0.4, -0.2) is 39.6 Å². The zero-order valence-electron chi connectivity index (χ0n) is 19.4. The molecule has 3 N–H and O–H groups in total. The van der Waals surface area contributed by atoms with E-state index >= 15 is 0 Å². The number of phenolic OH excluding ortho intramolecular Hbond substituents is 1. The number of phenols is 1. The lowest BCUT2D eigenvalue weighted by Gasteiger charge is -2.23. The normalized spacial score (nSPS) is 17.5. The predicted octanol–water partition coefficient (Wildman–Crippen LogP) is 5.06. The molecule has 2 heterocycles. The number of amides is 2. The number of hydrogen-bond donors (Lipinski definition) is 3. The number of H-pyrrole nitrogens is 1. The number of aromatic nitrogens is 1. The fourth-order valence-corrected chi connectivity index (χ4v) is 4.66. The van der Waals surface area contributed by atoms with Crippen molar-refractivity contribution in [2.24, 2.45) is 0 Å². The van der Waals surface area contributed by atoms with Crippen molar-refractivity contribution in [2.45, 2.75) is 32.0 Å². The summed E-state index contributed by atoms with van der Waals surface area (Å²) in [6.07, 6.45) is 0.0944. The first-order valence-electron chi connectivity index (χ1n) is 11.6. The van der Waals surface area contributed by atoms with E-state index in [4.69, 9.17) is 4.74 Å². The number of rotatable bonds is 5. The Balaban J connectivity index is 1.33. The van der Waals surface area contributed by atoms with Crippen molar-refractivity contribution >= 4 is 22.8 Å². The van der Waals surface area contributed by atoms with Crippen LogP contribution < -0.4 is 5.32 Å². The first kappa shape index (κ1) is 22.5. The van der Waals surface area contributed by atoms with Crippen molar-refractivity contribution in [1.82, 2.24) is 15.2 Å². The Kier molecular flexibility index (Phi) is 6.14. The number of carbonyl (C=O) groups is 2. The summed E-state index contributed by atoms with van der Waals surface area (Å²) in [5.74, 6) is -0.423. The van der Waals surface area contributed by atoms with Crippen LogP contribution in [0, 0.1) is 6.92 Å². The van der Waals surface area contributed by atoms with E-state index in [9.17, 15) is 14.7 Å². The number of carbonyl (C=O) groups excluding carboxylic acids is 2. The van der Waals surface area contributed by atoms with E-state index in [1.807, 2.05) is 73.7 Å². The van der Waals surface area contributed by atoms with Gasteiger partial charge in [-0.25, -0.2) is 4.79 Å². The highest BCUT2D eigenvalue weighted by molar-refractivity contribution is 6.03. The van der Waals surface area contributed by atoms with E-state index in [0.717, 1.165) is 22.3 Å². The summed E-state index contributed by atoms with van der Waals surface area (Å²) < 4.78 is 5.60. The van der Waals surface area contributed by atoms with Crippen molar-refractivity contribution in [3.63, 3.8) is 0 Å². The Bertz CT molecular complexity index is 1370. The molecule has 1 aliphatic heterocycles. The number of aromatic hydroxyl groups is 1. The van der Waals surface area contributed by atoms with E-state index in [1.165, 1.54) is 0 Å². The minimum absolute atomic E-state index is 0.0470. The molecule has 2 amide bonds. The molecule has 5 rings (SSSR count). The molecule has 0 unspecified atom stereocenters. The third kappa shape index (κ3) is 4.71. The van der Waals surface area contributed by atoms with Gasteiger partial charge in [-0.3, -0.25) is 9.69 Å². The molecule has 0 bridgehead atoms. The fourth-order valence-electron chi connectivity index (χ4n) is 4.66. The van der Waals surface area contributed by atoms with Crippen LogP contribution in [0.15, 0.2) is 78.9 Å². The van der Waals surface area contributed by atoms with Crippen LogP contribution in [0.25, 0.3) is 10.8 Å². The highest BCUT2D eigenvalue weighted by atomic mass is 16.6. The van der Waals surface area contributed by atoms with E-state index in [1.54, 1.807) is 17.0 Å². The number of fused-ring (bicyclic) bond motifs is 1. The maximum Gasteiger partial charge on any atom is 0.410 e. The second-order valence-electron chi connectivity index (χ2n) is 8.89. The Morgan fingerprint density at radius 3 is 2.57 bits per heavy atom. The third-order valence-electron chi connectivity index (χ3n) is 6.43. The van der Waals surface area contributed by atoms with E-state index in [0.29, 0.717) is 18.4 Å². The number of aryl methyl sites for hydroxylation is 1. The lowest BCUT2D eigenvalue weighted by atomic mass is 10.0. The topological polar surface area (TPSA) is 94.7 Å². The average Bonchev–Trinajstić information content (AvgIpc) is 3.49. The number of aromatic amines is 1. The Morgan fingerprint density at radius 2 is 1.80 bits per heavy atom. The summed E-state index contributed by atoms with van der Waals surface area (Å²) in [6, 6.07) is 23.7. The van der Waals surface area contributed by atoms with Gasteiger partial charge in [-0.1, -0.05) is 60.7 Å². The Morgan fingerprint density at radius 1 is 1.03 bits per heavy atom. The monoisotopic (exact) mass is 469 g/mol. The summed E-state index contributed by atoms with van der Waals surface area (Å²) in [7, 11) is 0. The van der Waals surface area contributed by atoms with Crippen LogP contribution in [0.5, 0.6) is 5.75 Å². The molecule has 7 nitrogen and oxygen atoms in total. The van der Waals surface area contributed by atoms with Crippen LogP contribution in [0.2, 0.25) is 0 Å². The molecular weight excluding hydrogens is 442 g/mol. The summed E-state index contributed by atoms with van der Waals surface area (Å²) >= 11 is 0. The number of ether oxygens (including phenoxy) is 1. The largest absolute Gasteiger partial charge is 0.506 e. The summed E-state index contributed by atoms with van der Waals surface area (Å²) in [6.45, 7) is 2.43. The van der Waals surface area contributed by atoms with E-state index < -0.39 is 6.09 Å². The molecule has 35 heavy (non-hydrogen) atoms. The van der Waals surface area contributed by atoms with E-state index in [2.05, 4.69) is 10.3 Å². The van der Waals surface area contributed by atoms with Gasteiger partial charge in [0.25, 0.3) is 5.91 Å². The molecule has 0 spiro atoms. The van der Waals surface area contributed by atoms with Gasteiger partial charge < -0.3 is 20.1 Å². The molecule has 1 aliphatic rings. The summed E-state index contributed by atoms with van der Waals surface area (Å²) in [5.41, 5.74) is 3.00. The molecule has 2 atom stereocenters. The minimum atomic E-state index is -0.434. The van der Waals surface area contributed by atoms with Crippen LogP contribution >= 0.6 is 0 Å². The first-order chi connectivity index (χ1) is 17.0. The van der Waals surface area contributed by atoms with Gasteiger partial charge in [0, 0.05) is 29.4 Å². The average molecular weight is 470 g/mol. The molecule has 0 saturated carbocycles. The highest BCUT2D eigenvalue weighted by Crippen LogP contribution is 2.33. The van der Waals surface area contributed by atoms with Crippen LogP contribution in [0.4, 0.5) is 4.79 Å². The van der Waals surface area contributed by atoms with Gasteiger partial charge in [0.15, 0.2) is 0 Å². The molecule has 0 radical (unpaired) electrons. The van der Waals surface area contributed by atoms with Crippen molar-refractivity contribution in [2.75, 3.05) is 6.54 Å². The maximum atomic E-state index is 13.1. The van der Waals surface area contributed by atoms with Gasteiger partial charge in [-0.2, -0.15) is 0 Å². The van der Waals surface area contributed by atoms with Crippen molar-refractivity contribution < 1.29 is 19.4 Å². The van der Waals surface area contributed by atoms with Crippen molar-refractivity contribution in [3.8, 4) is 5.75 Å². The summed E-state index contributed by atoms with van der Waals surface area (Å²) in [5, 5.41) is 15.2. The van der Waals surface area contributed by atoms with E-state index in [-0.39, 0.29) is 35.9 Å². The molecule has 1 saturated heterocycles. The van der Waals surface area contributed by atoms with Gasteiger partial charge in [0.2, 0.25) is 0 Å². The molecule has 7 heteroatoms. The number of nitrogens with one attached hydrogen (secondary N) is 2. The van der Waals surface area contributed by atoms with Gasteiger partial charge in [-0.05, 0) is 42.5 Å². The predicted molar refractivity (Wildman–Crippen MR) is 133 cm³/mol. The van der Waals surface area contributed by atoms with Gasteiger partial charge in [0.05, 0.1) is 11.6 Å². The third-order valence-corrected chi connectivity index (χ3v) is 6.43. The number of benzene rings is 3. The quantitative estimate of drug-likeness (QED) is 0.381. The van der Waals surface area contributed by atoms with Crippen LogP contribution in [0.3, 0.4) is 0 Å². The standard InChI is InChI=1S/C28H27N3O4/c1-18-11-14-24(29-18)25-15-21(16-31(25)28(34)35-17-19-7-3-2-4-8-19)30-27(33)23-13-12-20-9-5-6-10-22(20)26(23)32/h2-14,21,25,29,32H,15-17H2,1H3,(H,30,33)/t21-,25-/m0/s1. The zero-order valence-corrected chi connectivity index (χ0v) is 19.4. The number of hydrogen-bond acceptors (Lipinski definition) is 4. The SMILES string of the molecule is Cc1ccc([C@@H]2C[C@H](NC(=O)c3ccc4ccccc4c3O)CN2C(=O)OCc2ccccc2)[nH]1. The zero-order chi connectivity index (χ0) is 24.4. The molecule has 0 aliphatic carbocycles. The highest BCUT2D eigenvalue weighted by Gasteiger charge is 2.38. The smallest absolute Gasteiger partial charge is 0.410 e. The van der Waals surface area contributed by atoms with Crippen molar-refractivity contribution in [3.05, 3.63) is 101 Å². The maximum absolute atomic E-state index is 13.1. The Hall–Kier alpha value is -4.26. The second-order valence-corrected chi connectivity index (χ2v) is 8.89. The molecule has 3 aromatic carbocycles. The molecule has 4 aromatic rings. The minimum Gasteiger partial charge on any atom is -0.506 e. The number of nitrogens with zero attached hydrogens (tertiary/aromatic N) is 1. The molecule has 1 fully saturated rings. The fraction of sp³-hybridized carbons (Fsp3) is 0.214. The van der Waals surface area contributed by atoms with Crippen LogP contribution in [-0.2, 0) is 11.3 Å². The number of likely N-dealkylation sites (tertiary alicyclic amines) is 1. The second kappa shape index (κ2) is 9.54. The first-order valence-corrected chi connectivity index (χ1v) is 11.6. The van der Waals surface area contributed by atoms with Gasteiger partial charge in [0.1, 0.15) is 12.4 Å². The lowest BCUT2D eigenvalue weighted by molar-refractivity contribution is 0.0884. The molecule has 178 valence electrons. The lowest BCUT2D eigenvalue weighted by Crippen LogP contribution is -2.38. The van der Waals surface area contributed by atoms with Gasteiger partial charge >= 0.3 is 6.09 Å². The van der Waals surface area contributed by atoms with Gasteiger partial charge in [-0.15, -0.1) is 0 Å². The van der Waals surface area contributed by atoms with Crippen molar-refractivity contribution in [1.29, 1.82) is 0 Å². The molecular formula is C28H27N3O4. The van der Waals surface area contributed by atoms with Crippen LogP contribution in [0.1, 0.15) is 39.8 Å². The molecule has 1 aromatic heterocycles. The summed E-state index contributed by atoms with van der Waals surface area (Å²) in [4.78, 5) is 31.1. The Labute approximate surface area is 203 Å².